The average molecular weight is 175 g/mol. The molecule has 0 amide bonds. The Morgan fingerprint density at radius 3 is 2.36 bits per heavy atom. The molecule has 0 heterocycles. The second-order valence-corrected chi connectivity index (χ2v) is 5.97. The van der Waals surface area contributed by atoms with Crippen LogP contribution < -0.4 is 0 Å². The Morgan fingerprint density at radius 2 is 1.91 bits per heavy atom. The first kappa shape index (κ1) is 9.04. The van der Waals surface area contributed by atoms with Crippen molar-refractivity contribution in [2.24, 2.45) is 0 Å². The minimum absolute atomic E-state index is 0.209. The molecule has 1 rings (SSSR count). The lowest BCUT2D eigenvalue weighted by Gasteiger charge is -2.22. The van der Waals surface area contributed by atoms with E-state index in [1.165, 1.54) is 19.3 Å². The Bertz CT molecular complexity index is 202. The molecule has 0 saturated heterocycles. The first-order valence-electron chi connectivity index (χ1n) is 4.42. The summed E-state index contributed by atoms with van der Waals surface area (Å²) >= 11 is 0. The summed E-state index contributed by atoms with van der Waals surface area (Å²) in [4.78, 5) is 0. The second kappa shape index (κ2) is 3.57. The molecule has 0 aromatic rings. The standard InChI is InChI=1S/C8H17NOS/c1-2-11(9,10)8-6-4-3-5-7-8/h8-9H,2-7H2,1H3/t11-/m1/s1. The van der Waals surface area contributed by atoms with E-state index >= 15 is 0 Å². The highest BCUT2D eigenvalue weighted by molar-refractivity contribution is 7.93. The van der Waals surface area contributed by atoms with Gasteiger partial charge in [0.15, 0.2) is 0 Å². The zero-order chi connectivity index (χ0) is 8.32. The Hall–Kier alpha value is -0.0500. The Kier molecular flexibility index (Phi) is 2.93. The van der Waals surface area contributed by atoms with Gasteiger partial charge in [0.1, 0.15) is 0 Å². The molecule has 1 atom stereocenters. The lowest BCUT2D eigenvalue weighted by Crippen LogP contribution is -2.24. The minimum atomic E-state index is -2.22. The van der Waals surface area contributed by atoms with Crippen LogP contribution >= 0.6 is 0 Å². The van der Waals surface area contributed by atoms with E-state index in [1.807, 2.05) is 6.92 Å². The van der Waals surface area contributed by atoms with Crippen molar-refractivity contribution in [3.05, 3.63) is 0 Å². The summed E-state index contributed by atoms with van der Waals surface area (Å²) in [5.74, 6) is 0.539. The van der Waals surface area contributed by atoms with Gasteiger partial charge in [-0.15, -0.1) is 0 Å². The third kappa shape index (κ3) is 2.19. The predicted octanol–water partition coefficient (Wildman–Crippen LogP) is 2.39. The molecule has 1 aliphatic rings. The molecule has 66 valence electrons. The van der Waals surface area contributed by atoms with Gasteiger partial charge >= 0.3 is 0 Å². The van der Waals surface area contributed by atoms with Crippen LogP contribution in [0.15, 0.2) is 0 Å². The average Bonchev–Trinajstić information content (AvgIpc) is 2.06. The fourth-order valence-corrected chi connectivity index (χ4v) is 3.25. The third-order valence-electron chi connectivity index (χ3n) is 2.52. The van der Waals surface area contributed by atoms with Gasteiger partial charge in [-0.1, -0.05) is 26.2 Å². The van der Waals surface area contributed by atoms with E-state index in [2.05, 4.69) is 0 Å². The molecular weight excluding hydrogens is 158 g/mol. The van der Waals surface area contributed by atoms with Gasteiger partial charge in [0.05, 0.1) is 0 Å². The lowest BCUT2D eigenvalue weighted by atomic mass is 10.0. The van der Waals surface area contributed by atoms with Gasteiger partial charge in [0.25, 0.3) is 0 Å². The lowest BCUT2D eigenvalue weighted by molar-refractivity contribution is 0.501. The maximum absolute atomic E-state index is 11.6. The molecule has 3 heteroatoms. The van der Waals surface area contributed by atoms with Crippen LogP contribution in [-0.2, 0) is 9.73 Å². The van der Waals surface area contributed by atoms with E-state index in [0.717, 1.165) is 12.8 Å². The molecule has 0 spiro atoms. The van der Waals surface area contributed by atoms with Gasteiger partial charge in [0, 0.05) is 20.7 Å². The quantitative estimate of drug-likeness (QED) is 0.688. The summed E-state index contributed by atoms with van der Waals surface area (Å²) < 4.78 is 19.2. The van der Waals surface area contributed by atoms with Gasteiger partial charge in [-0.05, 0) is 12.8 Å². The van der Waals surface area contributed by atoms with Crippen molar-refractivity contribution in [1.82, 2.24) is 0 Å². The summed E-state index contributed by atoms with van der Waals surface area (Å²) in [5.41, 5.74) is 0. The van der Waals surface area contributed by atoms with Crippen LogP contribution in [0.25, 0.3) is 0 Å². The van der Waals surface area contributed by atoms with Crippen LogP contribution in [0.3, 0.4) is 0 Å². The molecule has 0 aliphatic heterocycles. The highest BCUT2D eigenvalue weighted by Crippen LogP contribution is 2.24. The summed E-state index contributed by atoms with van der Waals surface area (Å²) in [6, 6.07) is 0. The van der Waals surface area contributed by atoms with E-state index < -0.39 is 9.73 Å². The highest BCUT2D eigenvalue weighted by atomic mass is 32.2. The zero-order valence-electron chi connectivity index (χ0n) is 7.14. The van der Waals surface area contributed by atoms with Gasteiger partial charge in [-0.2, -0.15) is 0 Å². The monoisotopic (exact) mass is 175 g/mol. The molecule has 1 fully saturated rings. The van der Waals surface area contributed by atoms with Crippen LogP contribution in [0.4, 0.5) is 0 Å². The second-order valence-electron chi connectivity index (χ2n) is 3.27. The summed E-state index contributed by atoms with van der Waals surface area (Å²) in [7, 11) is -2.22. The molecule has 1 N–H and O–H groups in total. The zero-order valence-corrected chi connectivity index (χ0v) is 7.95. The van der Waals surface area contributed by atoms with Crippen molar-refractivity contribution in [1.29, 1.82) is 4.78 Å². The van der Waals surface area contributed by atoms with Crippen molar-refractivity contribution >= 4 is 9.73 Å². The topological polar surface area (TPSA) is 40.9 Å². The van der Waals surface area contributed by atoms with Crippen LogP contribution in [0.1, 0.15) is 39.0 Å². The van der Waals surface area contributed by atoms with Crippen molar-refractivity contribution in [2.75, 3.05) is 5.75 Å². The first-order chi connectivity index (χ1) is 5.17. The molecule has 11 heavy (non-hydrogen) atoms. The molecule has 0 unspecified atom stereocenters. The van der Waals surface area contributed by atoms with E-state index in [9.17, 15) is 4.21 Å². The van der Waals surface area contributed by atoms with E-state index in [0.29, 0.717) is 5.75 Å². The largest absolute Gasteiger partial charge is 0.253 e. The first-order valence-corrected chi connectivity index (χ1v) is 6.21. The summed E-state index contributed by atoms with van der Waals surface area (Å²) in [5, 5.41) is 0.209. The Morgan fingerprint density at radius 1 is 1.36 bits per heavy atom. The predicted molar refractivity (Wildman–Crippen MR) is 48.3 cm³/mol. The van der Waals surface area contributed by atoms with Gasteiger partial charge in [-0.3, -0.25) is 4.78 Å². The SMILES string of the molecule is CC[S@@](=N)(=O)C1CCCCC1. The summed E-state index contributed by atoms with van der Waals surface area (Å²) in [6.45, 7) is 1.87. The molecule has 0 aromatic carbocycles. The normalized spacial score (nSPS) is 26.3. The van der Waals surface area contributed by atoms with Crippen molar-refractivity contribution in [3.63, 3.8) is 0 Å². The van der Waals surface area contributed by atoms with E-state index in [1.54, 1.807) is 0 Å². The summed E-state index contributed by atoms with van der Waals surface area (Å²) in [6.07, 6.45) is 5.68. The smallest absolute Gasteiger partial charge is 0.0467 e. The molecule has 2 nitrogen and oxygen atoms in total. The van der Waals surface area contributed by atoms with Gasteiger partial charge < -0.3 is 0 Å². The van der Waals surface area contributed by atoms with Crippen molar-refractivity contribution in [2.45, 2.75) is 44.3 Å². The van der Waals surface area contributed by atoms with Crippen molar-refractivity contribution < 1.29 is 4.21 Å². The molecule has 0 bridgehead atoms. The Balaban J connectivity index is 2.58. The highest BCUT2D eigenvalue weighted by Gasteiger charge is 2.21. The van der Waals surface area contributed by atoms with Crippen LogP contribution in [0.2, 0.25) is 0 Å². The molecule has 0 aromatic heterocycles. The van der Waals surface area contributed by atoms with E-state index in [-0.39, 0.29) is 5.25 Å². The maximum atomic E-state index is 11.6. The van der Waals surface area contributed by atoms with Gasteiger partial charge in [0.2, 0.25) is 0 Å². The van der Waals surface area contributed by atoms with Gasteiger partial charge in [-0.25, -0.2) is 4.21 Å². The fourth-order valence-electron chi connectivity index (χ4n) is 1.68. The molecule has 0 radical (unpaired) electrons. The number of hydrogen-bond acceptors (Lipinski definition) is 2. The van der Waals surface area contributed by atoms with Crippen LogP contribution in [0.5, 0.6) is 0 Å². The molecule has 1 aliphatic carbocycles. The third-order valence-corrected chi connectivity index (χ3v) is 4.93. The Labute approximate surface area is 69.4 Å². The number of hydrogen-bond donors (Lipinski definition) is 1. The van der Waals surface area contributed by atoms with E-state index in [4.69, 9.17) is 4.78 Å². The minimum Gasteiger partial charge on any atom is -0.253 e. The fraction of sp³-hybridized carbons (Fsp3) is 1.00. The molecular formula is C8H17NOS. The number of rotatable bonds is 2. The number of nitrogens with one attached hydrogen (secondary N) is 1. The maximum Gasteiger partial charge on any atom is 0.0467 e. The van der Waals surface area contributed by atoms with Crippen LogP contribution in [-0.4, -0.2) is 15.2 Å². The van der Waals surface area contributed by atoms with Crippen LogP contribution in [0, 0.1) is 4.78 Å². The molecule has 1 saturated carbocycles. The van der Waals surface area contributed by atoms with Crippen molar-refractivity contribution in [3.8, 4) is 0 Å².